The van der Waals surface area contributed by atoms with Crippen molar-refractivity contribution in [3.8, 4) is 0 Å². The van der Waals surface area contributed by atoms with Crippen LogP contribution in [0, 0.1) is 0 Å². The molecular weight excluding hydrogens is 476 g/mol. The first-order valence-corrected chi connectivity index (χ1v) is 14.7. The molecule has 1 aromatic carbocycles. The Morgan fingerprint density at radius 2 is 1.71 bits per heavy atom. The van der Waals surface area contributed by atoms with Crippen molar-refractivity contribution in [3.63, 3.8) is 0 Å². The summed E-state index contributed by atoms with van der Waals surface area (Å²) >= 11 is 0. The van der Waals surface area contributed by atoms with Crippen LogP contribution in [-0.4, -0.2) is 59.8 Å². The third-order valence-electron chi connectivity index (χ3n) is 7.62. The Labute approximate surface area is 226 Å². The molecule has 1 aliphatic heterocycles. The molecule has 3 aromatic rings. The van der Waals surface area contributed by atoms with Gasteiger partial charge in [0.15, 0.2) is 5.89 Å². The molecule has 0 radical (unpaired) electrons. The Bertz CT molecular complexity index is 1110. The lowest BCUT2D eigenvalue weighted by Gasteiger charge is -2.25. The third kappa shape index (κ3) is 8.12. The molecule has 9 heteroatoms. The van der Waals surface area contributed by atoms with Gasteiger partial charge in [0.1, 0.15) is 12.1 Å². The van der Waals surface area contributed by atoms with Gasteiger partial charge in [-0.2, -0.15) is 4.98 Å². The van der Waals surface area contributed by atoms with E-state index < -0.39 is 0 Å². The van der Waals surface area contributed by atoms with E-state index in [0.717, 1.165) is 92.8 Å². The molecule has 3 heterocycles. The second kappa shape index (κ2) is 14.4. The number of aromatic nitrogens is 3. The number of aryl methyl sites for hydroxylation is 1. The number of rotatable bonds is 14. The Morgan fingerprint density at radius 3 is 2.61 bits per heavy atom. The molecule has 38 heavy (non-hydrogen) atoms. The summed E-state index contributed by atoms with van der Waals surface area (Å²) in [6.45, 7) is 5.76. The maximum absolute atomic E-state index is 5.71. The van der Waals surface area contributed by atoms with Gasteiger partial charge in [-0.25, -0.2) is 9.97 Å². The van der Waals surface area contributed by atoms with Gasteiger partial charge in [0.05, 0.1) is 17.8 Å². The second-order valence-electron chi connectivity index (χ2n) is 10.7. The number of hydrogen-bond donors (Lipinski definition) is 5. The van der Waals surface area contributed by atoms with Crippen LogP contribution >= 0.6 is 0 Å². The minimum atomic E-state index is 0.424. The Kier molecular flexibility index (Phi) is 10.2. The van der Waals surface area contributed by atoms with E-state index in [4.69, 9.17) is 14.4 Å². The van der Waals surface area contributed by atoms with Crippen LogP contribution in [0.3, 0.4) is 0 Å². The van der Waals surface area contributed by atoms with E-state index in [1.54, 1.807) is 6.26 Å². The molecule has 1 saturated heterocycles. The van der Waals surface area contributed by atoms with E-state index >= 15 is 0 Å². The lowest BCUT2D eigenvalue weighted by atomic mass is 9.95. The number of nitrogens with one attached hydrogen (secondary N) is 5. The zero-order chi connectivity index (χ0) is 25.8. The molecule has 2 aliphatic rings. The third-order valence-corrected chi connectivity index (χ3v) is 7.62. The van der Waals surface area contributed by atoms with E-state index in [2.05, 4.69) is 37.6 Å². The molecular formula is C29H44N8O. The molecule has 0 bridgehead atoms. The number of benzene rings is 1. The maximum Gasteiger partial charge on any atom is 0.225 e. The summed E-state index contributed by atoms with van der Waals surface area (Å²) in [4.78, 5) is 14.2. The number of fused-ring (bicyclic) bond motifs is 1. The van der Waals surface area contributed by atoms with Crippen LogP contribution in [0.5, 0.6) is 0 Å². The average molecular weight is 521 g/mol. The van der Waals surface area contributed by atoms with Gasteiger partial charge < -0.3 is 31.0 Å². The predicted octanol–water partition coefficient (Wildman–Crippen LogP) is 4.23. The highest BCUT2D eigenvalue weighted by Gasteiger charge is 2.16. The zero-order valence-corrected chi connectivity index (χ0v) is 22.6. The highest BCUT2D eigenvalue weighted by atomic mass is 16.3. The monoisotopic (exact) mass is 520 g/mol. The summed E-state index contributed by atoms with van der Waals surface area (Å²) in [5.41, 5.74) is 1.80. The van der Waals surface area contributed by atoms with Crippen LogP contribution in [0.15, 0.2) is 34.9 Å². The molecule has 206 valence electrons. The lowest BCUT2D eigenvalue weighted by molar-refractivity contribution is 0.371. The van der Waals surface area contributed by atoms with Crippen LogP contribution in [0.4, 0.5) is 11.8 Å². The molecule has 5 N–H and O–H groups in total. The summed E-state index contributed by atoms with van der Waals surface area (Å²) in [6, 6.07) is 9.34. The number of para-hydroxylation sites is 1. The van der Waals surface area contributed by atoms with Crippen molar-refractivity contribution in [1.29, 1.82) is 0 Å². The van der Waals surface area contributed by atoms with Gasteiger partial charge in [0.2, 0.25) is 5.95 Å². The minimum absolute atomic E-state index is 0.424. The van der Waals surface area contributed by atoms with E-state index in [9.17, 15) is 0 Å². The summed E-state index contributed by atoms with van der Waals surface area (Å²) in [5, 5.41) is 18.7. The molecule has 5 rings (SSSR count). The van der Waals surface area contributed by atoms with Gasteiger partial charge in [-0.15, -0.1) is 0 Å². The van der Waals surface area contributed by atoms with Gasteiger partial charge in [-0.1, -0.05) is 31.4 Å². The van der Waals surface area contributed by atoms with Gasteiger partial charge in [-0.05, 0) is 83.4 Å². The lowest BCUT2D eigenvalue weighted by Crippen LogP contribution is -2.35. The Balaban J connectivity index is 1.03. The quantitative estimate of drug-likeness (QED) is 0.199. The van der Waals surface area contributed by atoms with Crippen molar-refractivity contribution in [2.75, 3.05) is 43.4 Å². The maximum atomic E-state index is 5.71. The fraction of sp³-hybridized carbons (Fsp3) is 0.621. The molecule has 0 spiro atoms. The van der Waals surface area contributed by atoms with Crippen LogP contribution in [0.2, 0.25) is 0 Å². The number of oxazole rings is 1. The second-order valence-corrected chi connectivity index (χ2v) is 10.7. The van der Waals surface area contributed by atoms with E-state index in [1.807, 2.05) is 18.2 Å². The first kappa shape index (κ1) is 26.8. The van der Waals surface area contributed by atoms with Crippen LogP contribution in [-0.2, 0) is 13.0 Å². The molecule has 1 saturated carbocycles. The van der Waals surface area contributed by atoms with E-state index in [1.165, 1.54) is 38.5 Å². The Hall–Kier alpha value is -2.75. The smallest absolute Gasteiger partial charge is 0.225 e. The predicted molar refractivity (Wildman–Crippen MR) is 154 cm³/mol. The standard InChI is InChI=1S/C29H44N8O/c1-2-8-22(9-3-1)32-17-7-16-30-15-6-12-27-34-24(21-38-27)20-33-29-36-26-11-5-4-10-25(26)28(37-29)35-23-13-18-31-19-14-23/h4-5,10-11,21-23,30-32H,1-3,6-9,12-20H2,(H2,33,35,36,37). The molecule has 0 amide bonds. The molecule has 0 atom stereocenters. The molecule has 9 nitrogen and oxygen atoms in total. The summed E-state index contributed by atoms with van der Waals surface area (Å²) < 4.78 is 5.71. The van der Waals surface area contributed by atoms with Crippen molar-refractivity contribution >= 4 is 22.7 Å². The van der Waals surface area contributed by atoms with Crippen LogP contribution < -0.4 is 26.6 Å². The van der Waals surface area contributed by atoms with Crippen molar-refractivity contribution in [2.45, 2.75) is 82.8 Å². The first-order chi connectivity index (χ1) is 18.8. The molecule has 0 unspecified atom stereocenters. The SMILES string of the molecule is c1ccc2c(NC3CCNCC3)nc(NCc3coc(CCCNCCCNC4CCCCC4)n3)nc2c1. The normalized spacial score (nSPS) is 17.2. The topological polar surface area (TPSA) is 112 Å². The molecule has 2 aromatic heterocycles. The van der Waals surface area contributed by atoms with Crippen molar-refractivity contribution < 1.29 is 4.42 Å². The van der Waals surface area contributed by atoms with Crippen LogP contribution in [0.25, 0.3) is 10.9 Å². The molecule has 1 aliphatic carbocycles. The van der Waals surface area contributed by atoms with Crippen molar-refractivity contribution in [3.05, 3.63) is 42.1 Å². The minimum Gasteiger partial charge on any atom is -0.449 e. The van der Waals surface area contributed by atoms with Gasteiger partial charge in [-0.3, -0.25) is 0 Å². The Morgan fingerprint density at radius 1 is 0.868 bits per heavy atom. The van der Waals surface area contributed by atoms with Crippen LogP contribution in [0.1, 0.15) is 69.4 Å². The zero-order valence-electron chi connectivity index (χ0n) is 22.6. The highest BCUT2D eigenvalue weighted by Crippen LogP contribution is 2.24. The van der Waals surface area contributed by atoms with Crippen molar-refractivity contribution in [2.24, 2.45) is 0 Å². The molecule has 2 fully saturated rings. The largest absolute Gasteiger partial charge is 0.449 e. The summed E-state index contributed by atoms with van der Waals surface area (Å²) in [6.07, 6.45) is 13.9. The van der Waals surface area contributed by atoms with Gasteiger partial charge in [0, 0.05) is 23.9 Å². The van der Waals surface area contributed by atoms with E-state index in [0.29, 0.717) is 18.5 Å². The summed E-state index contributed by atoms with van der Waals surface area (Å²) in [5.74, 6) is 2.28. The summed E-state index contributed by atoms with van der Waals surface area (Å²) in [7, 11) is 0. The highest BCUT2D eigenvalue weighted by molar-refractivity contribution is 5.90. The van der Waals surface area contributed by atoms with E-state index in [-0.39, 0.29) is 0 Å². The first-order valence-electron chi connectivity index (χ1n) is 14.7. The average Bonchev–Trinajstić information content (AvgIpc) is 3.42. The van der Waals surface area contributed by atoms with Gasteiger partial charge >= 0.3 is 0 Å². The fourth-order valence-corrected chi connectivity index (χ4v) is 5.46. The number of nitrogens with zero attached hydrogens (tertiary/aromatic N) is 3. The van der Waals surface area contributed by atoms with Crippen molar-refractivity contribution in [1.82, 2.24) is 30.9 Å². The number of piperidine rings is 1. The van der Waals surface area contributed by atoms with Gasteiger partial charge in [0.25, 0.3) is 0 Å². The number of anilines is 2. The fourth-order valence-electron chi connectivity index (χ4n) is 5.46. The number of hydrogen-bond acceptors (Lipinski definition) is 9.